The van der Waals surface area contributed by atoms with Crippen LogP contribution in [0.5, 0.6) is 0 Å². The lowest BCUT2D eigenvalue weighted by Crippen LogP contribution is -2.14. The molecule has 0 aliphatic heterocycles. The molecule has 0 amide bonds. The molecule has 0 spiro atoms. The summed E-state index contributed by atoms with van der Waals surface area (Å²) in [5.74, 6) is 0. The summed E-state index contributed by atoms with van der Waals surface area (Å²) in [5.41, 5.74) is 2.75. The third kappa shape index (κ3) is 3.11. The average Bonchev–Trinajstić information content (AvgIpc) is 2.67. The van der Waals surface area contributed by atoms with Gasteiger partial charge < -0.3 is 5.32 Å². The van der Waals surface area contributed by atoms with Crippen LogP contribution in [0, 0.1) is 6.92 Å². The van der Waals surface area contributed by atoms with E-state index < -0.39 is 0 Å². The summed E-state index contributed by atoms with van der Waals surface area (Å²) in [5, 5.41) is 9.08. The minimum absolute atomic E-state index is 0.620. The first-order valence-electron chi connectivity index (χ1n) is 6.34. The maximum atomic E-state index is 6.42. The van der Waals surface area contributed by atoms with Gasteiger partial charge in [0.05, 0.1) is 16.4 Å². The molecule has 0 saturated heterocycles. The molecule has 19 heavy (non-hydrogen) atoms. The highest BCUT2D eigenvalue weighted by Gasteiger charge is 2.15. The van der Waals surface area contributed by atoms with Gasteiger partial charge in [-0.05, 0) is 32.0 Å². The number of nitrogens with zero attached hydrogens (tertiary/aromatic N) is 2. The normalized spacial score (nSPS) is 10.9. The number of hydrogen-bond donors (Lipinski definition) is 1. The van der Waals surface area contributed by atoms with Gasteiger partial charge in [0.1, 0.15) is 5.15 Å². The summed E-state index contributed by atoms with van der Waals surface area (Å²) in [4.78, 5) is 0. The summed E-state index contributed by atoms with van der Waals surface area (Å²) < 4.78 is 1.70. The molecular weight excluding hydrogens is 281 g/mol. The van der Waals surface area contributed by atoms with Gasteiger partial charge in [0.15, 0.2) is 0 Å². The summed E-state index contributed by atoms with van der Waals surface area (Å²) in [7, 11) is 0. The smallest absolute Gasteiger partial charge is 0.137 e. The zero-order valence-corrected chi connectivity index (χ0v) is 12.6. The third-order valence-electron chi connectivity index (χ3n) is 2.93. The van der Waals surface area contributed by atoms with Crippen LogP contribution >= 0.6 is 23.2 Å². The summed E-state index contributed by atoms with van der Waals surface area (Å²) >= 11 is 12.6. The van der Waals surface area contributed by atoms with Crippen molar-refractivity contribution in [2.75, 3.05) is 6.54 Å². The molecule has 102 valence electrons. The molecule has 0 fully saturated rings. The molecule has 0 aliphatic carbocycles. The number of halogens is 2. The second kappa shape index (κ2) is 6.42. The molecular formula is C14H17Cl2N3. The maximum Gasteiger partial charge on any atom is 0.137 e. The number of aromatic nitrogens is 2. The molecule has 0 aliphatic rings. The van der Waals surface area contributed by atoms with Crippen molar-refractivity contribution < 1.29 is 0 Å². The van der Waals surface area contributed by atoms with Gasteiger partial charge in [0, 0.05) is 12.1 Å². The van der Waals surface area contributed by atoms with Crippen LogP contribution in [0.4, 0.5) is 0 Å². The zero-order valence-electron chi connectivity index (χ0n) is 11.1. The van der Waals surface area contributed by atoms with Crippen molar-refractivity contribution in [2.45, 2.75) is 26.8 Å². The van der Waals surface area contributed by atoms with E-state index in [4.69, 9.17) is 23.2 Å². The Morgan fingerprint density at radius 1 is 1.26 bits per heavy atom. The molecule has 3 nitrogen and oxygen atoms in total. The summed E-state index contributed by atoms with van der Waals surface area (Å²) in [6.45, 7) is 5.78. The molecule has 0 atom stereocenters. The van der Waals surface area contributed by atoms with Gasteiger partial charge in [-0.3, -0.25) is 0 Å². The van der Waals surface area contributed by atoms with Crippen LogP contribution in [0.2, 0.25) is 10.2 Å². The van der Waals surface area contributed by atoms with Gasteiger partial charge in [-0.2, -0.15) is 5.10 Å². The van der Waals surface area contributed by atoms with E-state index in [9.17, 15) is 0 Å². The lowest BCUT2D eigenvalue weighted by atomic mass is 10.2. The van der Waals surface area contributed by atoms with Crippen LogP contribution in [0.25, 0.3) is 5.69 Å². The monoisotopic (exact) mass is 297 g/mol. The van der Waals surface area contributed by atoms with E-state index in [1.807, 2.05) is 31.2 Å². The van der Waals surface area contributed by atoms with Crippen molar-refractivity contribution in [3.05, 3.63) is 45.7 Å². The first-order chi connectivity index (χ1) is 9.15. The number of aryl methyl sites for hydroxylation is 1. The highest BCUT2D eigenvalue weighted by atomic mass is 35.5. The molecule has 1 N–H and O–H groups in total. The SMILES string of the molecule is CCCNCc1c(C)nn(-c2ccccc2Cl)c1Cl. The van der Waals surface area contributed by atoms with Crippen LogP contribution in [-0.2, 0) is 6.54 Å². The Morgan fingerprint density at radius 3 is 2.68 bits per heavy atom. The fourth-order valence-electron chi connectivity index (χ4n) is 1.91. The quantitative estimate of drug-likeness (QED) is 0.846. The topological polar surface area (TPSA) is 29.9 Å². The van der Waals surface area contributed by atoms with E-state index in [1.165, 1.54) is 0 Å². The van der Waals surface area contributed by atoms with Gasteiger partial charge in [-0.25, -0.2) is 4.68 Å². The van der Waals surface area contributed by atoms with E-state index in [-0.39, 0.29) is 0 Å². The highest BCUT2D eigenvalue weighted by Crippen LogP contribution is 2.27. The Hall–Kier alpha value is -1.03. The van der Waals surface area contributed by atoms with Crippen LogP contribution in [0.3, 0.4) is 0 Å². The Morgan fingerprint density at radius 2 is 2.00 bits per heavy atom. The van der Waals surface area contributed by atoms with E-state index in [0.29, 0.717) is 10.2 Å². The summed E-state index contributed by atoms with van der Waals surface area (Å²) in [6, 6.07) is 7.55. The van der Waals surface area contributed by atoms with Crippen LogP contribution < -0.4 is 5.32 Å². The molecule has 1 aromatic heterocycles. The van der Waals surface area contributed by atoms with E-state index in [2.05, 4.69) is 17.3 Å². The molecule has 1 heterocycles. The Balaban J connectivity index is 2.33. The second-order valence-electron chi connectivity index (χ2n) is 4.39. The standard InChI is InChI=1S/C14H17Cl2N3/c1-3-8-17-9-11-10(2)18-19(14(11)16)13-7-5-4-6-12(13)15/h4-7,17H,3,8-9H2,1-2H3. The molecule has 5 heteroatoms. The van der Waals surface area contributed by atoms with E-state index in [0.717, 1.165) is 36.5 Å². The number of hydrogen-bond acceptors (Lipinski definition) is 2. The van der Waals surface area contributed by atoms with Crippen molar-refractivity contribution >= 4 is 23.2 Å². The second-order valence-corrected chi connectivity index (χ2v) is 5.16. The largest absolute Gasteiger partial charge is 0.313 e. The number of para-hydroxylation sites is 1. The molecule has 2 aromatic rings. The first-order valence-corrected chi connectivity index (χ1v) is 7.10. The van der Waals surface area contributed by atoms with Crippen LogP contribution in [-0.4, -0.2) is 16.3 Å². The Labute approximate surface area is 123 Å². The number of benzene rings is 1. The molecule has 0 radical (unpaired) electrons. The van der Waals surface area contributed by atoms with Gasteiger partial charge >= 0.3 is 0 Å². The fourth-order valence-corrected chi connectivity index (χ4v) is 2.45. The van der Waals surface area contributed by atoms with Crippen LogP contribution in [0.1, 0.15) is 24.6 Å². The zero-order chi connectivity index (χ0) is 13.8. The van der Waals surface area contributed by atoms with Crippen molar-refractivity contribution in [3.8, 4) is 5.69 Å². The van der Waals surface area contributed by atoms with Crippen LogP contribution in [0.15, 0.2) is 24.3 Å². The molecule has 2 rings (SSSR count). The minimum Gasteiger partial charge on any atom is -0.313 e. The van der Waals surface area contributed by atoms with Crippen molar-refractivity contribution in [1.29, 1.82) is 0 Å². The number of rotatable bonds is 5. The van der Waals surface area contributed by atoms with Crippen molar-refractivity contribution in [3.63, 3.8) is 0 Å². The first kappa shape index (κ1) is 14.4. The van der Waals surface area contributed by atoms with Gasteiger partial charge in [0.25, 0.3) is 0 Å². The lowest BCUT2D eigenvalue weighted by Gasteiger charge is -2.06. The fraction of sp³-hybridized carbons (Fsp3) is 0.357. The van der Waals surface area contributed by atoms with E-state index >= 15 is 0 Å². The van der Waals surface area contributed by atoms with E-state index in [1.54, 1.807) is 4.68 Å². The minimum atomic E-state index is 0.620. The Bertz CT molecular complexity index is 564. The molecule has 1 aromatic carbocycles. The predicted molar refractivity (Wildman–Crippen MR) is 80.3 cm³/mol. The highest BCUT2D eigenvalue weighted by molar-refractivity contribution is 6.33. The third-order valence-corrected chi connectivity index (χ3v) is 3.64. The lowest BCUT2D eigenvalue weighted by molar-refractivity contribution is 0.673. The molecule has 0 unspecified atom stereocenters. The van der Waals surface area contributed by atoms with Crippen molar-refractivity contribution in [1.82, 2.24) is 15.1 Å². The van der Waals surface area contributed by atoms with Gasteiger partial charge in [0.2, 0.25) is 0 Å². The predicted octanol–water partition coefficient (Wildman–Crippen LogP) is 3.99. The number of nitrogens with one attached hydrogen (secondary N) is 1. The maximum absolute atomic E-state index is 6.42. The molecule has 0 bridgehead atoms. The summed E-state index contributed by atoms with van der Waals surface area (Å²) in [6.07, 6.45) is 1.09. The van der Waals surface area contributed by atoms with Crippen molar-refractivity contribution in [2.24, 2.45) is 0 Å². The van der Waals surface area contributed by atoms with Gasteiger partial charge in [-0.15, -0.1) is 0 Å². The average molecular weight is 298 g/mol. The Kier molecular flexibility index (Phi) is 4.86. The molecule has 0 saturated carbocycles. The van der Waals surface area contributed by atoms with Gasteiger partial charge in [-0.1, -0.05) is 42.3 Å².